The summed E-state index contributed by atoms with van der Waals surface area (Å²) in [5.74, 6) is -0.0540. The molecule has 29 heavy (non-hydrogen) atoms. The van der Waals surface area contributed by atoms with Crippen LogP contribution in [0.2, 0.25) is 0 Å². The standard InChI is InChI=1S/C23H26N4O2/c1-25(2)23(19-6-4-3-5-7-19)12-14-26(16-21(23)28)22(29)18-8-10-20(11-9-18)27-15-13-24-17-27/h3-11,13,15,17,21,28H,12,14,16H2,1-2H3/t21-,23+/m1/s1. The Morgan fingerprint density at radius 3 is 2.45 bits per heavy atom. The van der Waals surface area contributed by atoms with Crippen LogP contribution in [0.4, 0.5) is 0 Å². The van der Waals surface area contributed by atoms with Crippen molar-refractivity contribution in [1.82, 2.24) is 19.4 Å². The van der Waals surface area contributed by atoms with Gasteiger partial charge in [-0.3, -0.25) is 9.69 Å². The number of nitrogens with zero attached hydrogens (tertiary/aromatic N) is 4. The molecule has 6 nitrogen and oxygen atoms in total. The molecule has 1 saturated heterocycles. The summed E-state index contributed by atoms with van der Waals surface area (Å²) in [5.41, 5.74) is 2.16. The minimum atomic E-state index is -0.678. The number of carbonyl (C=O) groups excluding carboxylic acids is 1. The fraction of sp³-hybridized carbons (Fsp3) is 0.304. The van der Waals surface area contributed by atoms with Crippen molar-refractivity contribution in [3.8, 4) is 5.69 Å². The van der Waals surface area contributed by atoms with Crippen molar-refractivity contribution in [2.45, 2.75) is 18.1 Å². The molecule has 1 aromatic heterocycles. The van der Waals surface area contributed by atoms with Crippen molar-refractivity contribution in [1.29, 1.82) is 0 Å². The number of β-amino-alcohol motifs (C(OH)–C–C–N with tert-alkyl or cyclic N) is 1. The Morgan fingerprint density at radius 1 is 1.14 bits per heavy atom. The third kappa shape index (κ3) is 3.45. The predicted octanol–water partition coefficient (Wildman–Crippen LogP) is 2.54. The van der Waals surface area contributed by atoms with Crippen LogP contribution in [0.3, 0.4) is 0 Å². The Bertz CT molecular complexity index is 954. The molecule has 0 radical (unpaired) electrons. The number of aromatic nitrogens is 2. The Labute approximate surface area is 171 Å². The zero-order valence-corrected chi connectivity index (χ0v) is 16.8. The zero-order valence-electron chi connectivity index (χ0n) is 16.8. The van der Waals surface area contributed by atoms with Crippen LogP contribution in [0.15, 0.2) is 73.3 Å². The highest BCUT2D eigenvalue weighted by Crippen LogP contribution is 2.38. The van der Waals surface area contributed by atoms with Gasteiger partial charge in [0.2, 0.25) is 0 Å². The number of aliphatic hydroxyl groups is 1. The van der Waals surface area contributed by atoms with Gasteiger partial charge >= 0.3 is 0 Å². The van der Waals surface area contributed by atoms with Gasteiger partial charge in [0.15, 0.2) is 0 Å². The molecule has 4 rings (SSSR count). The number of likely N-dealkylation sites (N-methyl/N-ethyl adjacent to an activating group) is 1. The minimum absolute atomic E-state index is 0.0540. The second-order valence-electron chi connectivity index (χ2n) is 7.72. The van der Waals surface area contributed by atoms with Crippen LogP contribution in [0.1, 0.15) is 22.3 Å². The molecule has 1 fully saturated rings. The van der Waals surface area contributed by atoms with Gasteiger partial charge in [0.25, 0.3) is 5.91 Å². The van der Waals surface area contributed by atoms with Crippen LogP contribution in [-0.2, 0) is 5.54 Å². The van der Waals surface area contributed by atoms with E-state index in [0.717, 1.165) is 11.3 Å². The second-order valence-corrected chi connectivity index (χ2v) is 7.72. The molecular formula is C23H26N4O2. The van der Waals surface area contributed by atoms with E-state index in [4.69, 9.17) is 0 Å². The van der Waals surface area contributed by atoms with Gasteiger partial charge < -0.3 is 14.6 Å². The van der Waals surface area contributed by atoms with Crippen LogP contribution in [0.25, 0.3) is 5.69 Å². The van der Waals surface area contributed by atoms with Crippen LogP contribution >= 0.6 is 0 Å². The maximum Gasteiger partial charge on any atom is 0.253 e. The predicted molar refractivity (Wildman–Crippen MR) is 112 cm³/mol. The number of aliphatic hydroxyl groups excluding tert-OH is 1. The molecule has 2 aromatic carbocycles. The number of hydrogen-bond donors (Lipinski definition) is 1. The first-order chi connectivity index (χ1) is 14.0. The number of piperidine rings is 1. The summed E-state index contributed by atoms with van der Waals surface area (Å²) in [6.07, 6.45) is 5.30. The van der Waals surface area contributed by atoms with E-state index in [1.807, 2.05) is 67.3 Å². The summed E-state index contributed by atoms with van der Waals surface area (Å²) in [7, 11) is 3.98. The summed E-state index contributed by atoms with van der Waals surface area (Å²) < 4.78 is 1.89. The molecule has 6 heteroatoms. The largest absolute Gasteiger partial charge is 0.389 e. The van der Waals surface area contributed by atoms with Crippen LogP contribution < -0.4 is 0 Å². The average molecular weight is 390 g/mol. The first kappa shape index (κ1) is 19.4. The third-order valence-electron chi connectivity index (χ3n) is 5.98. The van der Waals surface area contributed by atoms with Crippen molar-refractivity contribution in [2.75, 3.05) is 27.2 Å². The summed E-state index contributed by atoms with van der Waals surface area (Å²) in [4.78, 5) is 20.9. The lowest BCUT2D eigenvalue weighted by molar-refractivity contribution is -0.0612. The normalized spacial score (nSPS) is 22.1. The van der Waals surface area contributed by atoms with Crippen molar-refractivity contribution in [3.05, 3.63) is 84.4 Å². The van der Waals surface area contributed by atoms with Crippen molar-refractivity contribution in [2.24, 2.45) is 0 Å². The van der Waals surface area contributed by atoms with Crippen LogP contribution in [0.5, 0.6) is 0 Å². The van der Waals surface area contributed by atoms with Gasteiger partial charge in [0.05, 0.1) is 18.0 Å². The molecule has 150 valence electrons. The van der Waals surface area contributed by atoms with Gasteiger partial charge in [-0.25, -0.2) is 4.98 Å². The number of carbonyl (C=O) groups is 1. The Hall–Kier alpha value is -2.96. The molecule has 2 heterocycles. The molecule has 2 atom stereocenters. The maximum atomic E-state index is 13.0. The molecule has 0 unspecified atom stereocenters. The average Bonchev–Trinajstić information content (AvgIpc) is 3.29. The molecule has 3 aromatic rings. The molecular weight excluding hydrogens is 364 g/mol. The molecule has 1 aliphatic heterocycles. The smallest absolute Gasteiger partial charge is 0.253 e. The highest BCUT2D eigenvalue weighted by Gasteiger charge is 2.46. The number of hydrogen-bond acceptors (Lipinski definition) is 4. The first-order valence-corrected chi connectivity index (χ1v) is 9.81. The molecule has 1 N–H and O–H groups in total. The van der Waals surface area contributed by atoms with E-state index >= 15 is 0 Å². The Morgan fingerprint density at radius 2 is 1.86 bits per heavy atom. The summed E-state index contributed by atoms with van der Waals surface area (Å²) >= 11 is 0. The van der Waals surface area contributed by atoms with E-state index in [-0.39, 0.29) is 5.91 Å². The highest BCUT2D eigenvalue weighted by molar-refractivity contribution is 5.94. The number of benzene rings is 2. The lowest BCUT2D eigenvalue weighted by atomic mass is 9.77. The molecule has 0 aliphatic carbocycles. The van der Waals surface area contributed by atoms with Gasteiger partial charge in [-0.15, -0.1) is 0 Å². The van der Waals surface area contributed by atoms with Crippen molar-refractivity contribution < 1.29 is 9.90 Å². The maximum absolute atomic E-state index is 13.0. The third-order valence-corrected chi connectivity index (χ3v) is 5.98. The Kier molecular flexibility index (Phi) is 5.22. The van der Waals surface area contributed by atoms with E-state index < -0.39 is 11.6 Å². The molecule has 0 bridgehead atoms. The fourth-order valence-corrected chi connectivity index (χ4v) is 4.32. The van der Waals surface area contributed by atoms with E-state index in [1.54, 1.807) is 17.4 Å². The van der Waals surface area contributed by atoms with Gasteiger partial charge in [0.1, 0.15) is 0 Å². The van der Waals surface area contributed by atoms with Crippen LogP contribution in [0, 0.1) is 0 Å². The number of imidazole rings is 1. The van der Waals surface area contributed by atoms with E-state index in [9.17, 15) is 9.90 Å². The van der Waals surface area contributed by atoms with E-state index in [2.05, 4.69) is 22.0 Å². The summed E-state index contributed by atoms with van der Waals surface area (Å²) in [6, 6.07) is 17.5. The van der Waals surface area contributed by atoms with E-state index in [0.29, 0.717) is 25.1 Å². The lowest BCUT2D eigenvalue weighted by Gasteiger charge is -2.49. The Balaban J connectivity index is 1.52. The number of rotatable bonds is 4. The number of likely N-dealkylation sites (tertiary alicyclic amines) is 1. The summed E-state index contributed by atoms with van der Waals surface area (Å²) in [5, 5.41) is 11.1. The lowest BCUT2D eigenvalue weighted by Crippen LogP contribution is -2.60. The monoisotopic (exact) mass is 390 g/mol. The molecule has 0 saturated carbocycles. The van der Waals surface area contributed by atoms with Crippen LogP contribution in [-0.4, -0.2) is 63.7 Å². The van der Waals surface area contributed by atoms with Gasteiger partial charge in [-0.1, -0.05) is 30.3 Å². The van der Waals surface area contributed by atoms with Gasteiger partial charge in [-0.05, 0) is 50.3 Å². The molecule has 1 amide bonds. The topological polar surface area (TPSA) is 61.6 Å². The van der Waals surface area contributed by atoms with Crippen molar-refractivity contribution >= 4 is 5.91 Å². The van der Waals surface area contributed by atoms with Crippen molar-refractivity contribution in [3.63, 3.8) is 0 Å². The quantitative estimate of drug-likeness (QED) is 0.744. The van der Waals surface area contributed by atoms with E-state index in [1.165, 1.54) is 0 Å². The zero-order chi connectivity index (χ0) is 20.4. The van der Waals surface area contributed by atoms with Gasteiger partial charge in [-0.2, -0.15) is 0 Å². The molecule has 1 aliphatic rings. The first-order valence-electron chi connectivity index (χ1n) is 9.81. The SMILES string of the molecule is CN(C)[C@]1(c2ccccc2)CCN(C(=O)c2ccc(-n3ccnc3)cc2)C[C@H]1O. The fourth-order valence-electron chi connectivity index (χ4n) is 4.32. The number of amides is 1. The summed E-state index contributed by atoms with van der Waals surface area (Å²) in [6.45, 7) is 0.890. The van der Waals surface area contributed by atoms with Gasteiger partial charge in [0, 0.05) is 36.7 Å². The molecule has 0 spiro atoms. The second kappa shape index (κ2) is 7.81. The highest BCUT2D eigenvalue weighted by atomic mass is 16.3. The minimum Gasteiger partial charge on any atom is -0.389 e.